The predicted molar refractivity (Wildman–Crippen MR) is 104 cm³/mol. The van der Waals surface area contributed by atoms with Gasteiger partial charge in [0.15, 0.2) is 6.10 Å². The Hall–Kier alpha value is -3.46. The van der Waals surface area contributed by atoms with Crippen molar-refractivity contribution in [3.05, 3.63) is 59.9 Å². The number of aromatic nitrogens is 1. The van der Waals surface area contributed by atoms with Gasteiger partial charge >= 0.3 is 12.0 Å². The molecule has 2 heterocycles. The summed E-state index contributed by atoms with van der Waals surface area (Å²) in [6.07, 6.45) is 2.33. The van der Waals surface area contributed by atoms with Crippen molar-refractivity contribution in [2.24, 2.45) is 0 Å². The van der Waals surface area contributed by atoms with Crippen molar-refractivity contribution in [2.75, 3.05) is 5.32 Å². The van der Waals surface area contributed by atoms with E-state index in [2.05, 4.69) is 20.9 Å². The van der Waals surface area contributed by atoms with Gasteiger partial charge in [-0.05, 0) is 48.2 Å². The van der Waals surface area contributed by atoms with Gasteiger partial charge in [-0.2, -0.15) is 0 Å². The van der Waals surface area contributed by atoms with Crippen molar-refractivity contribution in [1.82, 2.24) is 15.6 Å². The van der Waals surface area contributed by atoms with Crippen LogP contribution in [0.15, 0.2) is 48.8 Å². The quantitative estimate of drug-likeness (QED) is 0.561. The molecular formula is C20H22N4O5. The highest BCUT2D eigenvalue weighted by Gasteiger charge is 2.34. The van der Waals surface area contributed by atoms with Gasteiger partial charge < -0.3 is 25.8 Å². The fraction of sp³-hybridized carbons (Fsp3) is 0.300. The first-order chi connectivity index (χ1) is 14.0. The van der Waals surface area contributed by atoms with Gasteiger partial charge in [-0.15, -0.1) is 0 Å². The summed E-state index contributed by atoms with van der Waals surface area (Å²) in [6.45, 7) is 0.618. The molecule has 0 bridgehead atoms. The van der Waals surface area contributed by atoms with Crippen molar-refractivity contribution in [1.29, 1.82) is 0 Å². The molecule has 1 saturated heterocycles. The molecule has 29 heavy (non-hydrogen) atoms. The molecule has 1 aliphatic heterocycles. The minimum Gasteiger partial charge on any atom is -0.479 e. The Labute approximate surface area is 167 Å². The number of urea groups is 1. The minimum atomic E-state index is -1.05. The van der Waals surface area contributed by atoms with Crippen LogP contribution in [0.25, 0.3) is 0 Å². The molecule has 3 rings (SSSR count). The first kappa shape index (κ1) is 20.3. The van der Waals surface area contributed by atoms with Crippen LogP contribution >= 0.6 is 0 Å². The number of carboxylic acid groups (broad SMARTS) is 1. The van der Waals surface area contributed by atoms with Crippen LogP contribution in [0.1, 0.15) is 24.0 Å². The van der Waals surface area contributed by atoms with Gasteiger partial charge in [0.25, 0.3) is 0 Å². The van der Waals surface area contributed by atoms with Crippen LogP contribution in [0.5, 0.6) is 0 Å². The molecular weight excluding hydrogens is 376 g/mol. The lowest BCUT2D eigenvalue weighted by molar-refractivity contribution is -0.151. The minimum absolute atomic E-state index is 0.241. The number of aliphatic carboxylic acids is 1. The molecule has 2 atom stereocenters. The Morgan fingerprint density at radius 1 is 1.00 bits per heavy atom. The number of carbonyl (C=O) groups excluding carboxylic acids is 2. The lowest BCUT2D eigenvalue weighted by Crippen LogP contribution is -2.35. The number of carboxylic acids is 1. The third kappa shape index (κ3) is 6.01. The second kappa shape index (κ2) is 9.65. The third-order valence-corrected chi connectivity index (χ3v) is 4.44. The fourth-order valence-corrected chi connectivity index (χ4v) is 2.93. The van der Waals surface area contributed by atoms with Gasteiger partial charge in [-0.25, -0.2) is 9.59 Å². The van der Waals surface area contributed by atoms with Crippen molar-refractivity contribution in [3.8, 4) is 0 Å². The molecule has 1 aliphatic rings. The van der Waals surface area contributed by atoms with E-state index in [1.54, 1.807) is 30.6 Å². The molecule has 3 amide bonds. The molecule has 0 aliphatic carbocycles. The number of ether oxygens (including phenoxy) is 1. The molecule has 1 fully saturated rings. The van der Waals surface area contributed by atoms with E-state index >= 15 is 0 Å². The Morgan fingerprint density at radius 3 is 2.45 bits per heavy atom. The van der Waals surface area contributed by atoms with E-state index in [1.165, 1.54) is 0 Å². The predicted octanol–water partition coefficient (Wildman–Crippen LogP) is 1.65. The van der Waals surface area contributed by atoms with Gasteiger partial charge in [-0.3, -0.25) is 9.78 Å². The summed E-state index contributed by atoms with van der Waals surface area (Å²) in [5.74, 6) is -1.40. The van der Waals surface area contributed by atoms with E-state index in [1.807, 2.05) is 18.2 Å². The average molecular weight is 398 g/mol. The zero-order valence-electron chi connectivity index (χ0n) is 15.6. The number of anilines is 1. The number of carbonyl (C=O) groups is 3. The second-order valence-corrected chi connectivity index (χ2v) is 6.61. The number of amides is 3. The monoisotopic (exact) mass is 398 g/mol. The van der Waals surface area contributed by atoms with Gasteiger partial charge in [0.2, 0.25) is 5.91 Å². The van der Waals surface area contributed by atoms with Crippen LogP contribution in [-0.2, 0) is 27.4 Å². The molecule has 0 radical (unpaired) electrons. The number of pyridine rings is 1. The molecule has 0 spiro atoms. The van der Waals surface area contributed by atoms with Crippen LogP contribution in [-0.4, -0.2) is 40.2 Å². The van der Waals surface area contributed by atoms with Gasteiger partial charge in [0.05, 0.1) is 0 Å². The number of nitrogens with zero attached hydrogens (tertiary/aromatic N) is 1. The molecule has 9 heteroatoms. The number of rotatable bonds is 7. The van der Waals surface area contributed by atoms with E-state index in [0.717, 1.165) is 11.1 Å². The normalized spacial score (nSPS) is 18.1. The molecule has 2 aromatic rings. The van der Waals surface area contributed by atoms with Crippen LogP contribution in [0.3, 0.4) is 0 Å². The summed E-state index contributed by atoms with van der Waals surface area (Å²) in [7, 11) is 0. The number of benzene rings is 1. The van der Waals surface area contributed by atoms with E-state index < -0.39 is 18.2 Å². The lowest BCUT2D eigenvalue weighted by Gasteiger charge is -2.13. The van der Waals surface area contributed by atoms with Crippen molar-refractivity contribution < 1.29 is 24.2 Å². The summed E-state index contributed by atoms with van der Waals surface area (Å²) in [5.41, 5.74) is 2.32. The first-order valence-electron chi connectivity index (χ1n) is 9.20. The van der Waals surface area contributed by atoms with Crippen molar-refractivity contribution in [3.63, 3.8) is 0 Å². The SMILES string of the molecule is O=C(NCc1ccncc1)Nc1cccc(CNC(=O)[C@@H]2CC[C@H](C(=O)O)O2)c1. The highest BCUT2D eigenvalue weighted by molar-refractivity contribution is 5.89. The molecule has 1 aromatic heterocycles. The molecule has 152 valence electrons. The standard InChI is InChI=1S/C20H22N4O5/c25-18(16-4-5-17(29-16)19(26)27)22-12-14-2-1-3-15(10-14)24-20(28)23-11-13-6-8-21-9-7-13/h1-3,6-10,16-17H,4-5,11-12H2,(H,22,25)(H,26,27)(H2,23,24,28)/t16-,17+/m0/s1. The third-order valence-electron chi connectivity index (χ3n) is 4.44. The van der Waals surface area contributed by atoms with Crippen molar-refractivity contribution in [2.45, 2.75) is 38.1 Å². The highest BCUT2D eigenvalue weighted by atomic mass is 16.5. The lowest BCUT2D eigenvalue weighted by atomic mass is 10.1. The van der Waals surface area contributed by atoms with Crippen LogP contribution in [0, 0.1) is 0 Å². The number of hydrogen-bond donors (Lipinski definition) is 4. The zero-order chi connectivity index (χ0) is 20.6. The number of nitrogens with one attached hydrogen (secondary N) is 3. The van der Waals surface area contributed by atoms with Crippen LogP contribution in [0.4, 0.5) is 10.5 Å². The molecule has 4 N–H and O–H groups in total. The summed E-state index contributed by atoms with van der Waals surface area (Å²) >= 11 is 0. The van der Waals surface area contributed by atoms with Crippen molar-refractivity contribution >= 4 is 23.6 Å². The molecule has 9 nitrogen and oxygen atoms in total. The fourth-order valence-electron chi connectivity index (χ4n) is 2.93. The van der Waals surface area contributed by atoms with Crippen LogP contribution < -0.4 is 16.0 Å². The topological polar surface area (TPSA) is 130 Å². The largest absolute Gasteiger partial charge is 0.479 e. The van der Waals surface area contributed by atoms with Gasteiger partial charge in [-0.1, -0.05) is 12.1 Å². The summed E-state index contributed by atoms with van der Waals surface area (Å²) in [6, 6.07) is 10.4. The maximum Gasteiger partial charge on any atom is 0.332 e. The molecule has 0 unspecified atom stereocenters. The smallest absolute Gasteiger partial charge is 0.332 e. The average Bonchev–Trinajstić information content (AvgIpc) is 3.22. The van der Waals surface area contributed by atoms with Gasteiger partial charge in [0.1, 0.15) is 6.10 Å². The zero-order valence-corrected chi connectivity index (χ0v) is 15.6. The van der Waals surface area contributed by atoms with E-state index in [-0.39, 0.29) is 18.5 Å². The Kier molecular flexibility index (Phi) is 6.75. The molecule has 1 aromatic carbocycles. The van der Waals surface area contributed by atoms with Crippen LogP contribution in [0.2, 0.25) is 0 Å². The summed E-state index contributed by atoms with van der Waals surface area (Å²) in [4.78, 5) is 39.0. The summed E-state index contributed by atoms with van der Waals surface area (Å²) < 4.78 is 5.23. The second-order valence-electron chi connectivity index (χ2n) is 6.61. The summed E-state index contributed by atoms with van der Waals surface area (Å²) in [5, 5.41) is 17.2. The Balaban J connectivity index is 1.46. The van der Waals surface area contributed by atoms with Gasteiger partial charge in [0, 0.05) is 31.2 Å². The van der Waals surface area contributed by atoms with E-state index in [9.17, 15) is 14.4 Å². The molecule has 0 saturated carbocycles. The first-order valence-corrected chi connectivity index (χ1v) is 9.20. The number of hydrogen-bond acceptors (Lipinski definition) is 5. The van der Waals surface area contributed by atoms with E-state index in [4.69, 9.17) is 9.84 Å². The van der Waals surface area contributed by atoms with E-state index in [0.29, 0.717) is 25.1 Å². The maximum absolute atomic E-state index is 12.2. The maximum atomic E-state index is 12.2. The Bertz CT molecular complexity index is 874. The highest BCUT2D eigenvalue weighted by Crippen LogP contribution is 2.20. The Morgan fingerprint density at radius 2 is 1.72 bits per heavy atom.